The number of nitriles is 1. The summed E-state index contributed by atoms with van der Waals surface area (Å²) in [5, 5.41) is 9.08. The van der Waals surface area contributed by atoms with Crippen LogP contribution in [0.3, 0.4) is 0 Å². The van der Waals surface area contributed by atoms with Gasteiger partial charge in [-0.1, -0.05) is 35.3 Å². The number of nitrogens with zero attached hydrogens (tertiary/aromatic N) is 2. The molecule has 0 aliphatic rings. The summed E-state index contributed by atoms with van der Waals surface area (Å²) < 4.78 is 19.5. The van der Waals surface area contributed by atoms with Gasteiger partial charge in [-0.3, -0.25) is 0 Å². The normalized spacial score (nSPS) is 11.7. The molecule has 7 heteroatoms. The maximum Gasteiger partial charge on any atom is 0.166 e. The van der Waals surface area contributed by atoms with Crippen molar-refractivity contribution in [2.24, 2.45) is 0 Å². The third-order valence-corrected chi connectivity index (χ3v) is 4.70. The minimum atomic E-state index is -0.634. The van der Waals surface area contributed by atoms with E-state index >= 15 is 0 Å². The summed E-state index contributed by atoms with van der Waals surface area (Å²) in [6, 6.07) is 15.1. The van der Waals surface area contributed by atoms with Gasteiger partial charge < -0.3 is 10.5 Å². The molecule has 0 aliphatic heterocycles. The first-order chi connectivity index (χ1) is 12.9. The molecule has 0 radical (unpaired) electrons. The van der Waals surface area contributed by atoms with Crippen LogP contribution in [0.25, 0.3) is 11.3 Å². The Balaban J connectivity index is 1.86. The van der Waals surface area contributed by atoms with Crippen LogP contribution in [-0.2, 0) is 0 Å². The van der Waals surface area contributed by atoms with Gasteiger partial charge in [0.25, 0.3) is 0 Å². The smallest absolute Gasteiger partial charge is 0.166 e. The van der Waals surface area contributed by atoms with Crippen LogP contribution in [0.1, 0.15) is 24.2 Å². The molecule has 1 heterocycles. The minimum Gasteiger partial charge on any atom is -0.482 e. The molecule has 136 valence electrons. The summed E-state index contributed by atoms with van der Waals surface area (Å²) in [4.78, 5) is 4.34. The van der Waals surface area contributed by atoms with E-state index in [1.807, 2.05) is 0 Å². The maximum atomic E-state index is 13.7. The number of benzene rings is 2. The Hall–Kier alpha value is -2.81. The van der Waals surface area contributed by atoms with Crippen molar-refractivity contribution in [3.8, 4) is 23.1 Å². The predicted octanol–water partition coefficient (Wildman–Crippen LogP) is 5.79. The van der Waals surface area contributed by atoms with E-state index in [4.69, 9.17) is 38.9 Å². The first-order valence-electron chi connectivity index (χ1n) is 7.98. The number of pyridine rings is 1. The van der Waals surface area contributed by atoms with Crippen molar-refractivity contribution in [1.82, 2.24) is 4.98 Å². The lowest BCUT2D eigenvalue weighted by atomic mass is 10.1. The summed E-state index contributed by atoms with van der Waals surface area (Å²) >= 11 is 12.2. The highest BCUT2D eigenvalue weighted by Crippen LogP contribution is 2.36. The fourth-order valence-corrected chi connectivity index (χ4v) is 3.28. The number of hydrogen-bond acceptors (Lipinski definition) is 4. The Morgan fingerprint density at radius 3 is 2.44 bits per heavy atom. The molecule has 4 nitrogen and oxygen atoms in total. The maximum absolute atomic E-state index is 13.7. The number of halogens is 3. The lowest BCUT2D eigenvalue weighted by Crippen LogP contribution is -2.08. The van der Waals surface area contributed by atoms with Gasteiger partial charge in [0, 0.05) is 16.1 Å². The molecule has 27 heavy (non-hydrogen) atoms. The lowest BCUT2D eigenvalue weighted by Gasteiger charge is -2.19. The second-order valence-corrected chi connectivity index (χ2v) is 6.57. The molecule has 2 aromatic carbocycles. The van der Waals surface area contributed by atoms with Crippen LogP contribution in [0.5, 0.6) is 5.75 Å². The SMILES string of the molecule is CC(Oc1ccc(-c2ccc(C#N)cc2)nc1N)c1c(Cl)ccc(F)c1Cl. The van der Waals surface area contributed by atoms with Gasteiger partial charge in [0.2, 0.25) is 0 Å². The molecular formula is C20H14Cl2FN3O. The Morgan fingerprint density at radius 1 is 1.11 bits per heavy atom. The highest BCUT2D eigenvalue weighted by atomic mass is 35.5. The molecule has 0 saturated carbocycles. The number of nitrogens with two attached hydrogens (primary N) is 1. The van der Waals surface area contributed by atoms with Gasteiger partial charge in [-0.05, 0) is 43.3 Å². The first-order valence-corrected chi connectivity index (χ1v) is 8.73. The Bertz CT molecular complexity index is 1030. The predicted molar refractivity (Wildman–Crippen MR) is 104 cm³/mol. The number of hydrogen-bond donors (Lipinski definition) is 1. The molecule has 1 atom stereocenters. The molecule has 1 unspecified atom stereocenters. The van der Waals surface area contributed by atoms with Crippen molar-refractivity contribution >= 4 is 29.0 Å². The van der Waals surface area contributed by atoms with Gasteiger partial charge in [0.15, 0.2) is 11.6 Å². The van der Waals surface area contributed by atoms with E-state index in [0.717, 1.165) is 5.56 Å². The third-order valence-electron chi connectivity index (χ3n) is 3.99. The van der Waals surface area contributed by atoms with E-state index in [2.05, 4.69) is 11.1 Å². The van der Waals surface area contributed by atoms with Crippen LogP contribution in [-0.4, -0.2) is 4.98 Å². The van der Waals surface area contributed by atoms with Crippen molar-refractivity contribution in [1.29, 1.82) is 5.26 Å². The van der Waals surface area contributed by atoms with E-state index in [-0.39, 0.29) is 10.8 Å². The van der Waals surface area contributed by atoms with Crippen molar-refractivity contribution in [3.05, 3.63) is 75.5 Å². The average molecular weight is 402 g/mol. The standard InChI is InChI=1S/C20H14Cl2FN3O/c1-11(18-14(21)6-7-15(23)19(18)22)27-17-9-8-16(26-20(17)25)13-4-2-12(10-24)3-5-13/h2-9,11H,1H3,(H2,25,26). The zero-order valence-electron chi connectivity index (χ0n) is 14.2. The van der Waals surface area contributed by atoms with Crippen LogP contribution in [0.2, 0.25) is 10.0 Å². The van der Waals surface area contributed by atoms with Crippen LogP contribution >= 0.6 is 23.2 Å². The van der Waals surface area contributed by atoms with Gasteiger partial charge in [-0.25, -0.2) is 9.37 Å². The Morgan fingerprint density at radius 2 is 1.81 bits per heavy atom. The Kier molecular flexibility index (Phi) is 5.50. The van der Waals surface area contributed by atoms with Crippen molar-refractivity contribution in [2.45, 2.75) is 13.0 Å². The highest BCUT2D eigenvalue weighted by molar-refractivity contribution is 6.36. The average Bonchev–Trinajstić information content (AvgIpc) is 2.67. The van der Waals surface area contributed by atoms with Crippen molar-refractivity contribution in [2.75, 3.05) is 5.73 Å². The van der Waals surface area contributed by atoms with Gasteiger partial charge in [0.1, 0.15) is 11.9 Å². The fourth-order valence-electron chi connectivity index (χ4n) is 2.60. The summed E-state index contributed by atoms with van der Waals surface area (Å²) in [6.45, 7) is 1.69. The van der Waals surface area contributed by atoms with Gasteiger partial charge in [-0.15, -0.1) is 0 Å². The van der Waals surface area contributed by atoms with Gasteiger partial charge in [-0.2, -0.15) is 5.26 Å². The highest BCUT2D eigenvalue weighted by Gasteiger charge is 2.19. The molecule has 2 N–H and O–H groups in total. The zero-order chi connectivity index (χ0) is 19.6. The largest absolute Gasteiger partial charge is 0.482 e. The fraction of sp³-hybridized carbons (Fsp3) is 0.100. The van der Waals surface area contributed by atoms with Crippen molar-refractivity contribution in [3.63, 3.8) is 0 Å². The third kappa shape index (κ3) is 3.97. The first kappa shape index (κ1) is 19.0. The van der Waals surface area contributed by atoms with Gasteiger partial charge >= 0.3 is 0 Å². The molecule has 0 spiro atoms. The minimum absolute atomic E-state index is 0.0873. The van der Waals surface area contributed by atoms with Crippen LogP contribution in [0.15, 0.2) is 48.5 Å². The van der Waals surface area contributed by atoms with Gasteiger partial charge in [0.05, 0.1) is 22.3 Å². The number of anilines is 1. The van der Waals surface area contributed by atoms with E-state index < -0.39 is 11.9 Å². The number of ether oxygens (including phenoxy) is 1. The Labute approximate surface area is 165 Å². The van der Waals surface area contributed by atoms with E-state index in [0.29, 0.717) is 27.6 Å². The molecule has 3 aromatic rings. The molecule has 1 aromatic heterocycles. The van der Waals surface area contributed by atoms with Crippen LogP contribution < -0.4 is 10.5 Å². The van der Waals surface area contributed by atoms with Crippen molar-refractivity contribution < 1.29 is 9.13 Å². The summed E-state index contributed by atoms with van der Waals surface area (Å²) in [7, 11) is 0. The lowest BCUT2D eigenvalue weighted by molar-refractivity contribution is 0.227. The molecular weight excluding hydrogens is 388 g/mol. The van der Waals surface area contributed by atoms with E-state index in [1.165, 1.54) is 12.1 Å². The second-order valence-electron chi connectivity index (χ2n) is 5.79. The number of rotatable bonds is 4. The number of nitrogen functional groups attached to an aromatic ring is 1. The molecule has 0 bridgehead atoms. The topological polar surface area (TPSA) is 71.9 Å². The molecule has 3 rings (SSSR count). The summed E-state index contributed by atoms with van der Waals surface area (Å²) in [5.74, 6) is -0.0718. The van der Waals surface area contributed by atoms with Crippen LogP contribution in [0, 0.1) is 17.1 Å². The molecule has 0 saturated heterocycles. The molecule has 0 fully saturated rings. The molecule has 0 amide bonds. The quantitative estimate of drug-likeness (QED) is 0.561. The van der Waals surface area contributed by atoms with E-state index in [9.17, 15) is 4.39 Å². The number of aromatic nitrogens is 1. The molecule has 0 aliphatic carbocycles. The summed E-state index contributed by atoms with van der Waals surface area (Å²) in [6.07, 6.45) is -0.634. The monoisotopic (exact) mass is 401 g/mol. The second kappa shape index (κ2) is 7.83. The summed E-state index contributed by atoms with van der Waals surface area (Å²) in [5.41, 5.74) is 8.37. The van der Waals surface area contributed by atoms with E-state index in [1.54, 1.807) is 43.3 Å². The zero-order valence-corrected chi connectivity index (χ0v) is 15.7. The van der Waals surface area contributed by atoms with Crippen LogP contribution in [0.4, 0.5) is 10.2 Å².